The number of pyridine rings is 1. The first kappa shape index (κ1) is 24.7. The number of likely N-dealkylation sites (tertiary alicyclic amines) is 1. The van der Waals surface area contributed by atoms with Crippen LogP contribution in [-0.4, -0.2) is 47.9 Å². The molecule has 0 bridgehead atoms. The van der Waals surface area contributed by atoms with Gasteiger partial charge in [-0.3, -0.25) is 9.59 Å². The second-order valence-corrected chi connectivity index (χ2v) is 10.5. The van der Waals surface area contributed by atoms with E-state index in [1.165, 1.54) is 0 Å². The molecule has 2 aliphatic rings. The Morgan fingerprint density at radius 3 is 2.28 bits per heavy atom. The predicted molar refractivity (Wildman–Crippen MR) is 155 cm³/mol. The monoisotopic (exact) mass is 517 g/mol. The molecule has 3 N–H and O–H groups in total. The van der Waals surface area contributed by atoms with E-state index in [-0.39, 0.29) is 17.2 Å². The number of nitrogen functional groups attached to an aromatic ring is 1. The summed E-state index contributed by atoms with van der Waals surface area (Å²) in [4.78, 5) is 34.8. The fourth-order valence-electron chi connectivity index (χ4n) is 5.71. The molecule has 0 aliphatic carbocycles. The molecule has 6 rings (SSSR count). The highest BCUT2D eigenvalue weighted by molar-refractivity contribution is 6.06. The van der Waals surface area contributed by atoms with E-state index >= 15 is 0 Å². The summed E-state index contributed by atoms with van der Waals surface area (Å²) in [6.45, 7) is 3.28. The second-order valence-electron chi connectivity index (χ2n) is 10.5. The van der Waals surface area contributed by atoms with Crippen molar-refractivity contribution in [3.8, 4) is 11.1 Å². The van der Waals surface area contributed by atoms with Gasteiger partial charge in [0.1, 0.15) is 5.82 Å². The van der Waals surface area contributed by atoms with Crippen molar-refractivity contribution in [3.63, 3.8) is 0 Å². The molecule has 2 saturated heterocycles. The molecule has 3 heterocycles. The van der Waals surface area contributed by atoms with Crippen LogP contribution in [0.25, 0.3) is 11.1 Å². The van der Waals surface area contributed by atoms with E-state index in [2.05, 4.69) is 15.2 Å². The highest BCUT2D eigenvalue weighted by Crippen LogP contribution is 2.41. The van der Waals surface area contributed by atoms with Gasteiger partial charge in [-0.25, -0.2) is 4.98 Å². The molecule has 1 atom stereocenters. The molecule has 2 fully saturated rings. The average molecular weight is 518 g/mol. The number of carbonyl (C=O) groups excluding carboxylic acids is 2. The van der Waals surface area contributed by atoms with Crippen molar-refractivity contribution in [2.24, 2.45) is 5.41 Å². The van der Waals surface area contributed by atoms with Gasteiger partial charge in [0.15, 0.2) is 0 Å². The summed E-state index contributed by atoms with van der Waals surface area (Å²) in [5, 5.41) is 2.94. The van der Waals surface area contributed by atoms with Gasteiger partial charge in [0.05, 0.1) is 16.9 Å². The maximum Gasteiger partial charge on any atom is 0.257 e. The summed E-state index contributed by atoms with van der Waals surface area (Å²) in [5.41, 5.74) is 10.6. The molecular formula is C32H31N5O2. The van der Waals surface area contributed by atoms with E-state index in [0.717, 1.165) is 61.5 Å². The predicted octanol–water partition coefficient (Wildman–Crippen LogP) is 5.33. The van der Waals surface area contributed by atoms with Crippen LogP contribution in [0.2, 0.25) is 0 Å². The van der Waals surface area contributed by atoms with Gasteiger partial charge in [0.2, 0.25) is 0 Å². The van der Waals surface area contributed by atoms with E-state index in [0.29, 0.717) is 16.9 Å². The minimum atomic E-state index is -0.255. The highest BCUT2D eigenvalue weighted by Gasteiger charge is 2.45. The Morgan fingerprint density at radius 2 is 1.54 bits per heavy atom. The third-order valence-corrected chi connectivity index (χ3v) is 7.93. The smallest absolute Gasteiger partial charge is 0.257 e. The number of amides is 2. The van der Waals surface area contributed by atoms with Crippen molar-refractivity contribution in [2.45, 2.75) is 12.8 Å². The summed E-state index contributed by atoms with van der Waals surface area (Å²) in [6.07, 6.45) is 3.63. The molecule has 4 aromatic rings. The quantitative estimate of drug-likeness (QED) is 0.350. The number of nitrogens with one attached hydrogen (secondary N) is 1. The Morgan fingerprint density at radius 1 is 0.795 bits per heavy atom. The zero-order valence-electron chi connectivity index (χ0n) is 21.7. The number of benzene rings is 3. The number of hydrogen-bond acceptors (Lipinski definition) is 5. The molecule has 1 aromatic heterocycles. The summed E-state index contributed by atoms with van der Waals surface area (Å²) in [6, 6.07) is 28.8. The lowest BCUT2D eigenvalue weighted by molar-refractivity contribution is 0.0776. The molecule has 196 valence electrons. The SMILES string of the molecule is Nc1ccc(-c2ccccc2)cc1NC(=O)c1ccc(N2CCC3(CCN(C(=O)c4ccccc4)C3)C2)nc1. The number of nitrogens with zero attached hydrogens (tertiary/aromatic N) is 3. The van der Waals surface area contributed by atoms with Crippen LogP contribution in [0.15, 0.2) is 97.2 Å². The second kappa shape index (κ2) is 10.3. The Hall–Kier alpha value is -4.65. The molecule has 1 unspecified atom stereocenters. The van der Waals surface area contributed by atoms with Crippen LogP contribution in [0, 0.1) is 5.41 Å². The van der Waals surface area contributed by atoms with Gasteiger partial charge in [0.25, 0.3) is 11.8 Å². The van der Waals surface area contributed by atoms with E-state index in [1.54, 1.807) is 18.3 Å². The zero-order valence-corrected chi connectivity index (χ0v) is 21.7. The largest absolute Gasteiger partial charge is 0.397 e. The van der Waals surface area contributed by atoms with Gasteiger partial charge in [-0.2, -0.15) is 0 Å². The van der Waals surface area contributed by atoms with Crippen molar-refractivity contribution in [1.82, 2.24) is 9.88 Å². The molecule has 7 heteroatoms. The molecule has 7 nitrogen and oxygen atoms in total. The van der Waals surface area contributed by atoms with Crippen molar-refractivity contribution in [3.05, 3.63) is 108 Å². The van der Waals surface area contributed by atoms with Gasteiger partial charge < -0.3 is 20.9 Å². The standard InChI is InChI=1S/C32H31N5O2/c33-27-13-11-25(23-7-3-1-4-8-23)19-28(27)35-30(38)26-12-14-29(34-20-26)36-17-15-32(21-36)16-18-37(22-32)31(39)24-9-5-2-6-10-24/h1-14,19-20H,15-18,21-22,33H2,(H,35,38). The van der Waals surface area contributed by atoms with Gasteiger partial charge in [-0.05, 0) is 60.4 Å². The molecule has 1 spiro atoms. The molecule has 2 amide bonds. The Kier molecular flexibility index (Phi) is 6.49. The molecule has 3 aromatic carbocycles. The van der Waals surface area contributed by atoms with Crippen LogP contribution < -0.4 is 16.0 Å². The third-order valence-electron chi connectivity index (χ3n) is 7.93. The molecular weight excluding hydrogens is 486 g/mol. The van der Waals surface area contributed by atoms with Crippen molar-refractivity contribution < 1.29 is 9.59 Å². The number of aromatic nitrogens is 1. The molecule has 2 aliphatic heterocycles. The van der Waals surface area contributed by atoms with E-state index in [9.17, 15) is 9.59 Å². The minimum absolute atomic E-state index is 0.0868. The van der Waals surface area contributed by atoms with E-state index in [4.69, 9.17) is 5.73 Å². The van der Waals surface area contributed by atoms with Gasteiger partial charge in [-0.15, -0.1) is 0 Å². The van der Waals surface area contributed by atoms with Crippen LogP contribution in [0.1, 0.15) is 33.6 Å². The lowest BCUT2D eigenvalue weighted by Gasteiger charge is -2.25. The van der Waals surface area contributed by atoms with Gasteiger partial charge in [-0.1, -0.05) is 54.6 Å². The first-order valence-electron chi connectivity index (χ1n) is 13.3. The average Bonchev–Trinajstić information content (AvgIpc) is 3.61. The summed E-state index contributed by atoms with van der Waals surface area (Å²) >= 11 is 0. The number of nitrogens with two attached hydrogens (primary N) is 1. The van der Waals surface area contributed by atoms with Crippen molar-refractivity contribution >= 4 is 29.0 Å². The molecule has 0 radical (unpaired) electrons. The fraction of sp³-hybridized carbons (Fsp3) is 0.219. The van der Waals surface area contributed by atoms with Gasteiger partial charge >= 0.3 is 0 Å². The lowest BCUT2D eigenvalue weighted by atomic mass is 9.86. The van der Waals surface area contributed by atoms with E-state index in [1.807, 2.05) is 83.8 Å². The van der Waals surface area contributed by atoms with E-state index < -0.39 is 0 Å². The fourth-order valence-corrected chi connectivity index (χ4v) is 5.71. The maximum absolute atomic E-state index is 13.0. The summed E-state index contributed by atoms with van der Waals surface area (Å²) in [7, 11) is 0. The maximum atomic E-state index is 13.0. The zero-order chi connectivity index (χ0) is 26.8. The number of anilines is 3. The van der Waals surface area contributed by atoms with Crippen LogP contribution in [0.5, 0.6) is 0 Å². The van der Waals surface area contributed by atoms with Gasteiger partial charge in [0, 0.05) is 43.4 Å². The topological polar surface area (TPSA) is 91.6 Å². The molecule has 39 heavy (non-hydrogen) atoms. The Labute approximate surface area is 228 Å². The van der Waals surface area contributed by atoms with Crippen LogP contribution >= 0.6 is 0 Å². The third kappa shape index (κ3) is 5.08. The van der Waals surface area contributed by atoms with Crippen molar-refractivity contribution in [1.29, 1.82) is 0 Å². The van der Waals surface area contributed by atoms with Crippen LogP contribution in [0.3, 0.4) is 0 Å². The summed E-state index contributed by atoms with van der Waals surface area (Å²) < 4.78 is 0. The van der Waals surface area contributed by atoms with Crippen LogP contribution in [0.4, 0.5) is 17.2 Å². The normalized spacial score (nSPS) is 18.5. The first-order valence-corrected chi connectivity index (χ1v) is 13.3. The number of hydrogen-bond donors (Lipinski definition) is 2. The number of rotatable bonds is 5. The summed E-state index contributed by atoms with van der Waals surface area (Å²) in [5.74, 6) is 0.700. The van der Waals surface area contributed by atoms with Crippen molar-refractivity contribution in [2.75, 3.05) is 42.1 Å². The first-order chi connectivity index (χ1) is 19.0. The Balaban J connectivity index is 1.10. The minimum Gasteiger partial charge on any atom is -0.397 e. The molecule has 0 saturated carbocycles. The lowest BCUT2D eigenvalue weighted by Crippen LogP contribution is -2.34. The van der Waals surface area contributed by atoms with Crippen LogP contribution in [-0.2, 0) is 0 Å². The highest BCUT2D eigenvalue weighted by atomic mass is 16.2. The number of carbonyl (C=O) groups is 2. The Bertz CT molecular complexity index is 1490.